The van der Waals surface area contributed by atoms with E-state index in [0.29, 0.717) is 0 Å². The van der Waals surface area contributed by atoms with Crippen LogP contribution in [-0.4, -0.2) is 29.6 Å². The summed E-state index contributed by atoms with van der Waals surface area (Å²) >= 11 is 0. The Balaban J connectivity index is 1.84. The van der Waals surface area contributed by atoms with Crippen molar-refractivity contribution in [3.05, 3.63) is 47.7 Å². The lowest BCUT2D eigenvalue weighted by Crippen LogP contribution is -2.32. The lowest BCUT2D eigenvalue weighted by molar-refractivity contribution is 0.704. The molecular weight excluding hydrogens is 260 g/mol. The zero-order valence-electron chi connectivity index (χ0n) is 12.8. The predicted molar refractivity (Wildman–Crippen MR) is 86.8 cm³/mol. The van der Waals surface area contributed by atoms with Crippen LogP contribution in [-0.2, 0) is 13.0 Å². The van der Waals surface area contributed by atoms with Crippen molar-refractivity contribution in [1.29, 1.82) is 0 Å². The van der Waals surface area contributed by atoms with Crippen molar-refractivity contribution in [3.8, 4) is 0 Å². The van der Waals surface area contributed by atoms with Crippen LogP contribution < -0.4 is 9.80 Å². The molecular formula is C17H22N4. The van der Waals surface area contributed by atoms with Crippen molar-refractivity contribution in [3.63, 3.8) is 0 Å². The maximum atomic E-state index is 4.75. The molecule has 1 aliphatic heterocycles. The van der Waals surface area contributed by atoms with Gasteiger partial charge in [0.1, 0.15) is 5.82 Å². The summed E-state index contributed by atoms with van der Waals surface area (Å²) in [5, 5.41) is 0. The van der Waals surface area contributed by atoms with Crippen LogP contribution in [0.2, 0.25) is 0 Å². The number of aromatic nitrogens is 2. The van der Waals surface area contributed by atoms with Gasteiger partial charge in [0.15, 0.2) is 0 Å². The molecule has 0 aliphatic carbocycles. The van der Waals surface area contributed by atoms with Crippen molar-refractivity contribution in [2.45, 2.75) is 26.8 Å². The van der Waals surface area contributed by atoms with Gasteiger partial charge in [-0.25, -0.2) is 4.98 Å². The number of benzene rings is 1. The molecule has 0 bridgehead atoms. The number of hydrogen-bond acceptors (Lipinski definition) is 4. The SMILES string of the molecule is CCN(CC)c1ccnc(N2CCc3ccccc3C2)n1. The highest BCUT2D eigenvalue weighted by Gasteiger charge is 2.18. The zero-order valence-corrected chi connectivity index (χ0v) is 12.8. The Morgan fingerprint density at radius 3 is 2.62 bits per heavy atom. The van der Waals surface area contributed by atoms with Gasteiger partial charge in [-0.1, -0.05) is 24.3 Å². The molecule has 1 aromatic heterocycles. The molecule has 3 rings (SSSR count). The minimum Gasteiger partial charge on any atom is -0.357 e. The average molecular weight is 282 g/mol. The van der Waals surface area contributed by atoms with E-state index in [2.05, 4.69) is 52.9 Å². The van der Waals surface area contributed by atoms with Gasteiger partial charge in [0.25, 0.3) is 0 Å². The number of nitrogens with zero attached hydrogens (tertiary/aromatic N) is 4. The Bertz CT molecular complexity index is 607. The predicted octanol–water partition coefficient (Wildman–Crippen LogP) is 2.89. The summed E-state index contributed by atoms with van der Waals surface area (Å²) in [6, 6.07) is 10.6. The minimum atomic E-state index is 0.842. The van der Waals surface area contributed by atoms with Gasteiger partial charge in [-0.15, -0.1) is 0 Å². The fourth-order valence-electron chi connectivity index (χ4n) is 2.88. The van der Waals surface area contributed by atoms with E-state index in [-0.39, 0.29) is 0 Å². The highest BCUT2D eigenvalue weighted by molar-refractivity contribution is 5.46. The van der Waals surface area contributed by atoms with Crippen molar-refractivity contribution >= 4 is 11.8 Å². The molecule has 1 aromatic carbocycles. The van der Waals surface area contributed by atoms with Crippen LogP contribution in [0.3, 0.4) is 0 Å². The van der Waals surface area contributed by atoms with Crippen LogP contribution in [0.25, 0.3) is 0 Å². The normalized spacial score (nSPS) is 13.9. The Hall–Kier alpha value is -2.10. The third-order valence-corrected chi connectivity index (χ3v) is 4.13. The van der Waals surface area contributed by atoms with Crippen molar-refractivity contribution in [2.75, 3.05) is 29.4 Å². The summed E-state index contributed by atoms with van der Waals surface area (Å²) in [5.41, 5.74) is 2.84. The summed E-state index contributed by atoms with van der Waals surface area (Å²) in [6.45, 7) is 8.13. The Morgan fingerprint density at radius 1 is 1.10 bits per heavy atom. The van der Waals surface area contributed by atoms with Gasteiger partial charge in [-0.05, 0) is 37.5 Å². The van der Waals surface area contributed by atoms with E-state index in [1.807, 2.05) is 12.3 Å². The molecule has 2 aromatic rings. The minimum absolute atomic E-state index is 0.842. The molecule has 4 heteroatoms. The van der Waals surface area contributed by atoms with Crippen molar-refractivity contribution < 1.29 is 0 Å². The quantitative estimate of drug-likeness (QED) is 0.863. The zero-order chi connectivity index (χ0) is 14.7. The van der Waals surface area contributed by atoms with E-state index >= 15 is 0 Å². The van der Waals surface area contributed by atoms with E-state index in [9.17, 15) is 0 Å². The van der Waals surface area contributed by atoms with Gasteiger partial charge in [-0.3, -0.25) is 0 Å². The van der Waals surface area contributed by atoms with Crippen LogP contribution in [0.15, 0.2) is 36.5 Å². The monoisotopic (exact) mass is 282 g/mol. The van der Waals surface area contributed by atoms with Gasteiger partial charge in [0.05, 0.1) is 0 Å². The third kappa shape index (κ3) is 2.84. The molecule has 0 amide bonds. The second kappa shape index (κ2) is 6.12. The summed E-state index contributed by atoms with van der Waals surface area (Å²) in [6.07, 6.45) is 2.94. The Kier molecular flexibility index (Phi) is 4.04. The molecule has 0 fully saturated rings. The van der Waals surface area contributed by atoms with Crippen LogP contribution in [0, 0.1) is 0 Å². The molecule has 110 valence electrons. The smallest absolute Gasteiger partial charge is 0.227 e. The highest BCUT2D eigenvalue weighted by atomic mass is 15.3. The number of fused-ring (bicyclic) bond motifs is 1. The van der Waals surface area contributed by atoms with E-state index in [0.717, 1.165) is 44.4 Å². The fourth-order valence-corrected chi connectivity index (χ4v) is 2.88. The number of rotatable bonds is 4. The van der Waals surface area contributed by atoms with Gasteiger partial charge >= 0.3 is 0 Å². The van der Waals surface area contributed by atoms with E-state index in [1.54, 1.807) is 0 Å². The average Bonchev–Trinajstić information content (AvgIpc) is 2.56. The van der Waals surface area contributed by atoms with Gasteiger partial charge in [0.2, 0.25) is 5.95 Å². The first-order chi connectivity index (χ1) is 10.3. The molecule has 0 atom stereocenters. The standard InChI is InChI=1S/C17H22N4/c1-3-20(4-2)16-9-11-18-17(19-16)21-12-10-14-7-5-6-8-15(14)13-21/h5-9,11H,3-4,10,12-13H2,1-2H3. The van der Waals surface area contributed by atoms with Crippen LogP contribution >= 0.6 is 0 Å². The fraction of sp³-hybridized carbons (Fsp3) is 0.412. The first kappa shape index (κ1) is 13.9. The van der Waals surface area contributed by atoms with Gasteiger partial charge in [0, 0.05) is 32.4 Å². The summed E-state index contributed by atoms with van der Waals surface area (Å²) in [5.74, 6) is 1.86. The van der Waals surface area contributed by atoms with Crippen LogP contribution in [0.1, 0.15) is 25.0 Å². The van der Waals surface area contributed by atoms with Crippen molar-refractivity contribution in [1.82, 2.24) is 9.97 Å². The second-order valence-corrected chi connectivity index (χ2v) is 5.33. The van der Waals surface area contributed by atoms with Gasteiger partial charge < -0.3 is 9.80 Å². The second-order valence-electron chi connectivity index (χ2n) is 5.33. The molecule has 0 unspecified atom stereocenters. The topological polar surface area (TPSA) is 32.3 Å². The molecule has 0 N–H and O–H groups in total. The Labute approximate surface area is 126 Å². The maximum Gasteiger partial charge on any atom is 0.227 e. The number of hydrogen-bond donors (Lipinski definition) is 0. The highest BCUT2D eigenvalue weighted by Crippen LogP contribution is 2.23. The summed E-state index contributed by atoms with van der Waals surface area (Å²) < 4.78 is 0. The van der Waals surface area contributed by atoms with Crippen molar-refractivity contribution in [2.24, 2.45) is 0 Å². The van der Waals surface area contributed by atoms with Crippen LogP contribution in [0.5, 0.6) is 0 Å². The first-order valence-electron chi connectivity index (χ1n) is 7.71. The van der Waals surface area contributed by atoms with Crippen LogP contribution in [0.4, 0.5) is 11.8 Å². The molecule has 21 heavy (non-hydrogen) atoms. The van der Waals surface area contributed by atoms with E-state index in [1.165, 1.54) is 11.1 Å². The lowest BCUT2D eigenvalue weighted by Gasteiger charge is -2.29. The third-order valence-electron chi connectivity index (χ3n) is 4.13. The Morgan fingerprint density at radius 2 is 1.86 bits per heavy atom. The van der Waals surface area contributed by atoms with E-state index < -0.39 is 0 Å². The largest absolute Gasteiger partial charge is 0.357 e. The lowest BCUT2D eigenvalue weighted by atomic mass is 10.0. The molecule has 0 spiro atoms. The molecule has 4 nitrogen and oxygen atoms in total. The molecule has 0 saturated heterocycles. The first-order valence-corrected chi connectivity index (χ1v) is 7.71. The summed E-state index contributed by atoms with van der Waals surface area (Å²) in [7, 11) is 0. The molecule has 0 saturated carbocycles. The van der Waals surface area contributed by atoms with E-state index in [4.69, 9.17) is 4.98 Å². The number of anilines is 2. The molecule has 0 radical (unpaired) electrons. The molecule has 1 aliphatic rings. The molecule has 2 heterocycles. The summed E-state index contributed by atoms with van der Waals surface area (Å²) in [4.78, 5) is 13.8. The van der Waals surface area contributed by atoms with Gasteiger partial charge in [-0.2, -0.15) is 4.98 Å². The maximum absolute atomic E-state index is 4.75.